The fourth-order valence-corrected chi connectivity index (χ4v) is 3.03. The van der Waals surface area contributed by atoms with Crippen LogP contribution in [0, 0.1) is 0 Å². The maximum atomic E-state index is 5.27. The van der Waals surface area contributed by atoms with Gasteiger partial charge in [-0.3, -0.25) is 4.99 Å². The van der Waals surface area contributed by atoms with Gasteiger partial charge >= 0.3 is 0 Å². The third-order valence-electron chi connectivity index (χ3n) is 4.31. The molecule has 0 amide bonds. The highest BCUT2D eigenvalue weighted by atomic mass is 16.5. The predicted molar refractivity (Wildman–Crippen MR) is 95.7 cm³/mol. The van der Waals surface area contributed by atoms with E-state index in [0.717, 1.165) is 36.4 Å². The molecule has 1 heterocycles. The number of ether oxygens (including phenoxy) is 1. The van der Waals surface area contributed by atoms with Gasteiger partial charge in [-0.1, -0.05) is 24.3 Å². The Morgan fingerprint density at radius 1 is 1.09 bits per heavy atom. The summed E-state index contributed by atoms with van der Waals surface area (Å²) in [6.07, 6.45) is 2.12. The van der Waals surface area contributed by atoms with Crippen LogP contribution >= 0.6 is 0 Å². The third-order valence-corrected chi connectivity index (χ3v) is 4.31. The summed E-state index contributed by atoms with van der Waals surface area (Å²) in [5, 5.41) is 0. The first-order valence-corrected chi connectivity index (χ1v) is 8.12. The number of hydrogen-bond donors (Lipinski definition) is 0. The fourth-order valence-electron chi connectivity index (χ4n) is 3.03. The van der Waals surface area contributed by atoms with Gasteiger partial charge < -0.3 is 9.64 Å². The van der Waals surface area contributed by atoms with Gasteiger partial charge in [0.15, 0.2) is 0 Å². The summed E-state index contributed by atoms with van der Waals surface area (Å²) in [5.74, 6) is 0.877. The molecule has 0 N–H and O–H groups in total. The van der Waals surface area contributed by atoms with Gasteiger partial charge in [0.05, 0.1) is 18.9 Å². The van der Waals surface area contributed by atoms with E-state index in [4.69, 9.17) is 9.73 Å². The van der Waals surface area contributed by atoms with E-state index in [9.17, 15) is 0 Å². The number of nitrogens with zero attached hydrogens (tertiary/aromatic N) is 2. The lowest BCUT2D eigenvalue weighted by Gasteiger charge is -2.25. The van der Waals surface area contributed by atoms with E-state index in [1.807, 2.05) is 12.1 Å². The smallest absolute Gasteiger partial charge is 0.118 e. The van der Waals surface area contributed by atoms with Crippen molar-refractivity contribution in [2.45, 2.75) is 18.9 Å². The molecule has 3 nitrogen and oxygen atoms in total. The van der Waals surface area contributed by atoms with Gasteiger partial charge in [-0.25, -0.2) is 0 Å². The van der Waals surface area contributed by atoms with Crippen LogP contribution in [-0.4, -0.2) is 44.4 Å². The first-order chi connectivity index (χ1) is 11.2. The van der Waals surface area contributed by atoms with Crippen molar-refractivity contribution in [3.8, 4) is 5.75 Å². The van der Waals surface area contributed by atoms with E-state index in [1.165, 1.54) is 11.1 Å². The Bertz CT molecular complexity index is 689. The van der Waals surface area contributed by atoms with E-state index in [0.29, 0.717) is 6.04 Å². The van der Waals surface area contributed by atoms with Crippen molar-refractivity contribution >= 4 is 5.71 Å². The van der Waals surface area contributed by atoms with Crippen molar-refractivity contribution in [3.05, 3.63) is 65.2 Å². The molecule has 1 aliphatic rings. The molecule has 120 valence electrons. The Balaban J connectivity index is 1.95. The predicted octanol–water partition coefficient (Wildman–Crippen LogP) is 3.41. The molecule has 23 heavy (non-hydrogen) atoms. The van der Waals surface area contributed by atoms with Gasteiger partial charge in [-0.05, 0) is 63.3 Å². The SMILES string of the molecule is COc1ccc(C2=NC(CCN(C)C)Cc3ccccc32)cc1. The molecule has 0 fully saturated rings. The summed E-state index contributed by atoms with van der Waals surface area (Å²) >= 11 is 0. The molecule has 1 atom stereocenters. The van der Waals surface area contributed by atoms with Crippen LogP contribution in [0.3, 0.4) is 0 Å². The zero-order valence-corrected chi connectivity index (χ0v) is 14.1. The summed E-state index contributed by atoms with van der Waals surface area (Å²) in [5.41, 5.74) is 4.93. The molecule has 3 heteroatoms. The van der Waals surface area contributed by atoms with E-state index in [-0.39, 0.29) is 0 Å². The summed E-state index contributed by atoms with van der Waals surface area (Å²) in [6.45, 7) is 1.06. The topological polar surface area (TPSA) is 24.8 Å². The van der Waals surface area contributed by atoms with Crippen molar-refractivity contribution in [1.82, 2.24) is 4.90 Å². The molecule has 0 saturated heterocycles. The molecule has 2 aromatic carbocycles. The van der Waals surface area contributed by atoms with Crippen molar-refractivity contribution in [3.63, 3.8) is 0 Å². The highest BCUT2D eigenvalue weighted by Gasteiger charge is 2.21. The Morgan fingerprint density at radius 2 is 1.83 bits per heavy atom. The first kappa shape index (κ1) is 15.8. The van der Waals surface area contributed by atoms with Crippen LogP contribution in [0.4, 0.5) is 0 Å². The van der Waals surface area contributed by atoms with Crippen molar-refractivity contribution in [2.24, 2.45) is 4.99 Å². The molecule has 0 radical (unpaired) electrons. The average Bonchev–Trinajstić information content (AvgIpc) is 2.59. The number of rotatable bonds is 5. The minimum absolute atomic E-state index is 0.351. The maximum absolute atomic E-state index is 5.27. The van der Waals surface area contributed by atoms with Gasteiger partial charge in [0.25, 0.3) is 0 Å². The molecular formula is C20H24N2O. The average molecular weight is 308 g/mol. The zero-order chi connectivity index (χ0) is 16.2. The highest BCUT2D eigenvalue weighted by Crippen LogP contribution is 2.25. The van der Waals surface area contributed by atoms with Gasteiger partial charge in [0.1, 0.15) is 5.75 Å². The monoisotopic (exact) mass is 308 g/mol. The lowest BCUT2D eigenvalue weighted by molar-refractivity contribution is 0.379. The van der Waals surface area contributed by atoms with Gasteiger partial charge in [0.2, 0.25) is 0 Å². The molecule has 0 aromatic heterocycles. The van der Waals surface area contributed by atoms with Crippen LogP contribution in [-0.2, 0) is 6.42 Å². The normalized spacial score (nSPS) is 16.9. The summed E-state index contributed by atoms with van der Waals surface area (Å²) in [7, 11) is 5.93. The van der Waals surface area contributed by atoms with Crippen LogP contribution in [0.2, 0.25) is 0 Å². The Kier molecular flexibility index (Phi) is 4.77. The Hall–Kier alpha value is -2.13. The molecule has 3 rings (SSSR count). The first-order valence-electron chi connectivity index (χ1n) is 8.12. The summed E-state index contributed by atoms with van der Waals surface area (Å²) in [6, 6.07) is 17.2. The number of aliphatic imine (C=N–C) groups is 1. The maximum Gasteiger partial charge on any atom is 0.118 e. The van der Waals surface area contributed by atoms with Crippen LogP contribution < -0.4 is 4.74 Å². The number of methoxy groups -OCH3 is 1. The van der Waals surface area contributed by atoms with E-state index < -0.39 is 0 Å². The molecular weight excluding hydrogens is 284 g/mol. The quantitative estimate of drug-likeness (QED) is 0.845. The molecule has 2 aromatic rings. The van der Waals surface area contributed by atoms with Crippen LogP contribution in [0.25, 0.3) is 0 Å². The largest absolute Gasteiger partial charge is 0.497 e. The highest BCUT2D eigenvalue weighted by molar-refractivity contribution is 6.14. The third kappa shape index (κ3) is 3.62. The molecule has 1 aliphatic heterocycles. The molecule has 0 saturated carbocycles. The van der Waals surface area contributed by atoms with E-state index >= 15 is 0 Å². The lowest BCUT2D eigenvalue weighted by atomic mass is 9.89. The van der Waals surface area contributed by atoms with Gasteiger partial charge in [-0.15, -0.1) is 0 Å². The molecule has 0 bridgehead atoms. The van der Waals surface area contributed by atoms with Crippen molar-refractivity contribution < 1.29 is 4.74 Å². The van der Waals surface area contributed by atoms with Crippen molar-refractivity contribution in [2.75, 3.05) is 27.7 Å². The van der Waals surface area contributed by atoms with Gasteiger partial charge in [-0.2, -0.15) is 0 Å². The Labute approximate surface area is 138 Å². The summed E-state index contributed by atoms with van der Waals surface area (Å²) < 4.78 is 5.27. The van der Waals surface area contributed by atoms with Crippen LogP contribution in [0.1, 0.15) is 23.1 Å². The van der Waals surface area contributed by atoms with Gasteiger partial charge in [0, 0.05) is 11.1 Å². The lowest BCUT2D eigenvalue weighted by Crippen LogP contribution is -2.25. The van der Waals surface area contributed by atoms with E-state index in [2.05, 4.69) is 55.4 Å². The molecule has 0 spiro atoms. The molecule has 0 aliphatic carbocycles. The van der Waals surface area contributed by atoms with Crippen LogP contribution in [0.5, 0.6) is 5.75 Å². The van der Waals surface area contributed by atoms with Crippen molar-refractivity contribution in [1.29, 1.82) is 0 Å². The standard InChI is InChI=1S/C20H24N2O/c1-22(2)13-12-17-14-16-6-4-5-7-19(16)20(21-17)15-8-10-18(23-3)11-9-15/h4-11,17H,12-14H2,1-3H3. The summed E-state index contributed by atoms with van der Waals surface area (Å²) in [4.78, 5) is 7.30. The Morgan fingerprint density at radius 3 is 2.52 bits per heavy atom. The zero-order valence-electron chi connectivity index (χ0n) is 14.1. The second-order valence-electron chi connectivity index (χ2n) is 6.31. The minimum Gasteiger partial charge on any atom is -0.497 e. The van der Waals surface area contributed by atoms with E-state index in [1.54, 1.807) is 7.11 Å². The fraction of sp³-hybridized carbons (Fsp3) is 0.350. The number of benzene rings is 2. The minimum atomic E-state index is 0.351. The second kappa shape index (κ2) is 6.97. The molecule has 1 unspecified atom stereocenters. The second-order valence-corrected chi connectivity index (χ2v) is 6.31. The number of hydrogen-bond acceptors (Lipinski definition) is 3. The number of fused-ring (bicyclic) bond motifs is 1. The van der Waals surface area contributed by atoms with Crippen LogP contribution in [0.15, 0.2) is 53.5 Å².